The van der Waals surface area contributed by atoms with Crippen molar-refractivity contribution < 1.29 is 49.2 Å². The van der Waals surface area contributed by atoms with Crippen LogP contribution in [0.3, 0.4) is 0 Å². The molecule has 0 radical (unpaired) electrons. The number of aromatic carboxylic acids is 1. The van der Waals surface area contributed by atoms with Gasteiger partial charge in [0.2, 0.25) is 0 Å². The zero-order valence-electron chi connectivity index (χ0n) is 20.2. The lowest BCUT2D eigenvalue weighted by atomic mass is 10.1. The normalized spacial score (nSPS) is 10.7. The molecule has 0 heterocycles. The highest BCUT2D eigenvalue weighted by Gasteiger charge is 2.29. The molecule has 14 nitrogen and oxygen atoms in total. The second kappa shape index (κ2) is 12.0. The van der Waals surface area contributed by atoms with Crippen molar-refractivity contribution in [2.24, 2.45) is 0 Å². The van der Waals surface area contributed by atoms with Gasteiger partial charge >= 0.3 is 11.9 Å². The summed E-state index contributed by atoms with van der Waals surface area (Å²) < 4.78 is 5.39. The zero-order chi connectivity index (χ0) is 28.8. The second-order valence-corrected chi connectivity index (χ2v) is 8.05. The Bertz CT molecular complexity index is 1600. The summed E-state index contributed by atoms with van der Waals surface area (Å²) in [5.74, 6) is -2.72. The SMILES string of the molecule is O=C(O)c1cccc([N+](=O)[O-])c1C(=O)Oc1ccc(OOCc2c(COO)cccc2[N+](=O)[O-])c2ccccc12. The Morgan fingerprint density at radius 3 is 2.05 bits per heavy atom. The topological polar surface area (TPSA) is 198 Å². The number of benzene rings is 4. The fraction of sp³-hybridized carbons (Fsp3) is 0.0769. The van der Waals surface area contributed by atoms with E-state index in [1.807, 2.05) is 0 Å². The van der Waals surface area contributed by atoms with Gasteiger partial charge in [-0.2, -0.15) is 4.89 Å². The van der Waals surface area contributed by atoms with Gasteiger partial charge in [-0.3, -0.25) is 25.5 Å². The van der Waals surface area contributed by atoms with Gasteiger partial charge in [-0.25, -0.2) is 14.5 Å². The number of nitro benzene ring substituents is 2. The van der Waals surface area contributed by atoms with Gasteiger partial charge in [0.15, 0.2) is 11.3 Å². The summed E-state index contributed by atoms with van der Waals surface area (Å²) in [6, 6.07) is 16.4. The third-order valence-electron chi connectivity index (χ3n) is 5.74. The molecule has 0 amide bonds. The molecule has 0 saturated carbocycles. The van der Waals surface area contributed by atoms with Crippen molar-refractivity contribution in [3.63, 3.8) is 0 Å². The van der Waals surface area contributed by atoms with Crippen LogP contribution in [0, 0.1) is 20.2 Å². The molecule has 4 rings (SSSR count). The van der Waals surface area contributed by atoms with Crippen molar-refractivity contribution in [3.05, 3.63) is 115 Å². The minimum atomic E-state index is -1.55. The minimum absolute atomic E-state index is 0.0523. The number of ether oxygens (including phenoxy) is 1. The highest BCUT2D eigenvalue weighted by molar-refractivity contribution is 6.07. The first kappa shape index (κ1) is 27.6. The van der Waals surface area contributed by atoms with Crippen LogP contribution in [0.5, 0.6) is 11.5 Å². The van der Waals surface area contributed by atoms with E-state index in [1.54, 1.807) is 24.3 Å². The number of esters is 1. The quantitative estimate of drug-likeness (QED) is 0.0827. The molecular formula is C26H18N2O12. The molecule has 0 fully saturated rings. The number of carbonyl (C=O) groups excluding carboxylic acids is 1. The largest absolute Gasteiger partial charge is 0.478 e. The standard InChI is InChI=1S/C26H18N2O12/c29-25(30)18-8-4-10-21(28(34)35)24(18)26(31)39-22-11-12-23(17-7-2-1-6-16(17)22)40-38-14-19-15(13-37-36)5-3-9-20(19)27(32)33/h1-12,36H,13-14H2,(H,29,30). The van der Waals surface area contributed by atoms with Crippen molar-refractivity contribution in [3.8, 4) is 11.5 Å². The number of nitrogens with zero attached hydrogens (tertiary/aromatic N) is 2. The second-order valence-electron chi connectivity index (χ2n) is 8.05. The molecule has 0 unspecified atom stereocenters. The van der Waals surface area contributed by atoms with E-state index < -0.39 is 45.2 Å². The van der Waals surface area contributed by atoms with E-state index >= 15 is 0 Å². The molecule has 0 bridgehead atoms. The number of carboxylic acid groups (broad SMARTS) is 1. The van der Waals surface area contributed by atoms with Gasteiger partial charge in [0.05, 0.1) is 21.0 Å². The van der Waals surface area contributed by atoms with E-state index in [9.17, 15) is 34.9 Å². The maximum atomic E-state index is 13.0. The molecule has 4 aromatic rings. The van der Waals surface area contributed by atoms with E-state index in [0.29, 0.717) is 16.3 Å². The van der Waals surface area contributed by atoms with Crippen LogP contribution < -0.4 is 9.62 Å². The third-order valence-corrected chi connectivity index (χ3v) is 5.74. The fourth-order valence-electron chi connectivity index (χ4n) is 3.96. The predicted molar refractivity (Wildman–Crippen MR) is 135 cm³/mol. The van der Waals surface area contributed by atoms with Crippen LogP contribution in [0.2, 0.25) is 0 Å². The van der Waals surface area contributed by atoms with Gasteiger partial charge in [-0.1, -0.05) is 42.5 Å². The van der Waals surface area contributed by atoms with Crippen molar-refractivity contribution in [2.75, 3.05) is 0 Å². The van der Waals surface area contributed by atoms with Gasteiger partial charge in [0.1, 0.15) is 19.0 Å². The number of carbonyl (C=O) groups is 2. The van der Waals surface area contributed by atoms with Crippen molar-refractivity contribution >= 4 is 34.1 Å². The number of hydrogen-bond acceptors (Lipinski definition) is 11. The van der Waals surface area contributed by atoms with Crippen molar-refractivity contribution in [1.29, 1.82) is 0 Å². The summed E-state index contributed by atoms with van der Waals surface area (Å²) in [5.41, 5.74) is -1.93. The van der Waals surface area contributed by atoms with Gasteiger partial charge in [0.25, 0.3) is 11.4 Å². The lowest BCUT2D eigenvalue weighted by molar-refractivity contribution is -0.386. The molecule has 40 heavy (non-hydrogen) atoms. The average Bonchev–Trinajstić information content (AvgIpc) is 2.94. The Balaban J connectivity index is 1.62. The molecule has 14 heteroatoms. The molecular weight excluding hydrogens is 532 g/mol. The molecule has 0 saturated heterocycles. The van der Waals surface area contributed by atoms with Crippen molar-refractivity contribution in [2.45, 2.75) is 13.2 Å². The Kier molecular flexibility index (Phi) is 8.24. The molecule has 0 aromatic heterocycles. The van der Waals surface area contributed by atoms with E-state index in [-0.39, 0.29) is 29.4 Å². The molecule has 0 aliphatic carbocycles. The number of hydrogen-bond donors (Lipinski definition) is 2. The molecule has 0 aliphatic heterocycles. The predicted octanol–water partition coefficient (Wildman–Crippen LogP) is 5.07. The lowest BCUT2D eigenvalue weighted by Crippen LogP contribution is -2.16. The van der Waals surface area contributed by atoms with E-state index in [2.05, 4.69) is 4.89 Å². The number of nitro groups is 2. The minimum Gasteiger partial charge on any atom is -0.478 e. The highest BCUT2D eigenvalue weighted by atomic mass is 17.2. The summed E-state index contributed by atoms with van der Waals surface area (Å²) in [6.45, 7) is -0.719. The Morgan fingerprint density at radius 2 is 1.40 bits per heavy atom. The van der Waals surface area contributed by atoms with Crippen LogP contribution in [0.15, 0.2) is 72.8 Å². The van der Waals surface area contributed by atoms with Crippen LogP contribution in [-0.4, -0.2) is 32.1 Å². The first-order chi connectivity index (χ1) is 19.2. The zero-order valence-corrected chi connectivity index (χ0v) is 20.2. The Hall–Kier alpha value is -5.44. The molecule has 204 valence electrons. The van der Waals surface area contributed by atoms with Crippen LogP contribution in [0.4, 0.5) is 11.4 Å². The summed E-state index contributed by atoms with van der Waals surface area (Å²) in [7, 11) is 0. The summed E-state index contributed by atoms with van der Waals surface area (Å²) >= 11 is 0. The van der Waals surface area contributed by atoms with E-state index in [4.69, 9.17) is 19.8 Å². The fourth-order valence-corrected chi connectivity index (χ4v) is 3.96. The average molecular weight is 550 g/mol. The molecule has 4 aromatic carbocycles. The van der Waals surface area contributed by atoms with Crippen LogP contribution in [0.25, 0.3) is 10.8 Å². The van der Waals surface area contributed by atoms with Gasteiger partial charge in [-0.05, 0) is 23.8 Å². The summed E-state index contributed by atoms with van der Waals surface area (Å²) in [4.78, 5) is 60.7. The van der Waals surface area contributed by atoms with Gasteiger partial charge < -0.3 is 14.7 Å². The van der Waals surface area contributed by atoms with Crippen LogP contribution >= 0.6 is 0 Å². The molecule has 0 atom stereocenters. The monoisotopic (exact) mass is 550 g/mol. The Labute approximate surface area is 223 Å². The summed E-state index contributed by atoms with van der Waals surface area (Å²) in [5, 5.41) is 41.8. The summed E-state index contributed by atoms with van der Waals surface area (Å²) in [6.07, 6.45) is 0. The molecule has 0 aliphatic rings. The van der Waals surface area contributed by atoms with Crippen molar-refractivity contribution in [1.82, 2.24) is 0 Å². The first-order valence-corrected chi connectivity index (χ1v) is 11.3. The van der Waals surface area contributed by atoms with Crippen LogP contribution in [-0.2, 0) is 23.0 Å². The smallest absolute Gasteiger partial charge is 0.351 e. The maximum Gasteiger partial charge on any atom is 0.351 e. The molecule has 2 N–H and O–H groups in total. The molecule has 0 spiro atoms. The van der Waals surface area contributed by atoms with Gasteiger partial charge in [-0.15, -0.1) is 0 Å². The van der Waals surface area contributed by atoms with E-state index in [1.165, 1.54) is 30.3 Å². The Morgan fingerprint density at radius 1 is 0.775 bits per heavy atom. The third kappa shape index (κ3) is 5.68. The lowest BCUT2D eigenvalue weighted by Gasteiger charge is -2.13. The maximum absolute atomic E-state index is 13.0. The number of fused-ring (bicyclic) bond motifs is 1. The van der Waals surface area contributed by atoms with Gasteiger partial charge in [0, 0.05) is 22.9 Å². The number of carboxylic acids is 1. The van der Waals surface area contributed by atoms with Crippen LogP contribution in [0.1, 0.15) is 31.8 Å². The number of rotatable bonds is 11. The van der Waals surface area contributed by atoms with E-state index in [0.717, 1.165) is 18.2 Å². The first-order valence-electron chi connectivity index (χ1n) is 11.3. The highest BCUT2D eigenvalue weighted by Crippen LogP contribution is 2.35.